The van der Waals surface area contributed by atoms with E-state index in [-0.39, 0.29) is 5.92 Å². The van der Waals surface area contributed by atoms with Crippen LogP contribution in [-0.4, -0.2) is 5.78 Å². The molecule has 1 heteroatoms. The van der Waals surface area contributed by atoms with E-state index in [1.807, 2.05) is 37.3 Å². The van der Waals surface area contributed by atoms with Crippen molar-refractivity contribution in [3.63, 3.8) is 0 Å². The summed E-state index contributed by atoms with van der Waals surface area (Å²) in [6, 6.07) is 10.0. The molecule has 78 valence electrons. The molecule has 1 aromatic carbocycles. The lowest BCUT2D eigenvalue weighted by Gasteiger charge is -2.11. The maximum Gasteiger partial charge on any atom is 0.165 e. The largest absolute Gasteiger partial charge is 0.294 e. The second-order valence-electron chi connectivity index (χ2n) is 4.12. The summed E-state index contributed by atoms with van der Waals surface area (Å²) in [4.78, 5) is 12.1. The third-order valence-electron chi connectivity index (χ3n) is 3.05. The summed E-state index contributed by atoms with van der Waals surface area (Å²) >= 11 is 0. The molecule has 0 heterocycles. The summed E-state index contributed by atoms with van der Waals surface area (Å²) in [7, 11) is 0. The van der Waals surface area contributed by atoms with Crippen LogP contribution in [0.5, 0.6) is 0 Å². The molecule has 2 rings (SSSR count). The Balaban J connectivity index is 2.14. The molecule has 0 bridgehead atoms. The SMILES string of the molecule is CC(C(=O)C1=CCCC1)c1ccccc1. The third-order valence-corrected chi connectivity index (χ3v) is 3.05. The van der Waals surface area contributed by atoms with Gasteiger partial charge in [-0.2, -0.15) is 0 Å². The van der Waals surface area contributed by atoms with Crippen LogP contribution < -0.4 is 0 Å². The fourth-order valence-corrected chi connectivity index (χ4v) is 2.07. The van der Waals surface area contributed by atoms with E-state index in [0.29, 0.717) is 5.78 Å². The zero-order chi connectivity index (χ0) is 10.7. The number of ketones is 1. The Labute approximate surface area is 90.8 Å². The van der Waals surface area contributed by atoms with Gasteiger partial charge in [-0.25, -0.2) is 0 Å². The molecule has 0 saturated heterocycles. The van der Waals surface area contributed by atoms with Gasteiger partial charge in [0.25, 0.3) is 0 Å². The molecule has 1 nitrogen and oxygen atoms in total. The summed E-state index contributed by atoms with van der Waals surface area (Å²) in [5.41, 5.74) is 2.15. The summed E-state index contributed by atoms with van der Waals surface area (Å²) in [6.45, 7) is 2.00. The van der Waals surface area contributed by atoms with Gasteiger partial charge in [-0.05, 0) is 30.4 Å². The van der Waals surface area contributed by atoms with Crippen LogP contribution in [0.2, 0.25) is 0 Å². The Morgan fingerprint density at radius 1 is 1.27 bits per heavy atom. The van der Waals surface area contributed by atoms with E-state index >= 15 is 0 Å². The molecule has 1 unspecified atom stereocenters. The van der Waals surface area contributed by atoms with Gasteiger partial charge in [0.05, 0.1) is 0 Å². The van der Waals surface area contributed by atoms with Gasteiger partial charge in [0.15, 0.2) is 5.78 Å². The van der Waals surface area contributed by atoms with Gasteiger partial charge in [-0.3, -0.25) is 4.79 Å². The summed E-state index contributed by atoms with van der Waals surface area (Å²) in [5.74, 6) is 0.314. The Kier molecular flexibility index (Phi) is 3.00. The summed E-state index contributed by atoms with van der Waals surface area (Å²) in [5, 5.41) is 0. The fraction of sp³-hybridized carbons (Fsp3) is 0.357. The fourth-order valence-electron chi connectivity index (χ4n) is 2.07. The number of carbonyl (C=O) groups is 1. The molecular formula is C14H16O. The van der Waals surface area contributed by atoms with Crippen molar-refractivity contribution in [2.75, 3.05) is 0 Å². The minimum atomic E-state index is 0.00977. The van der Waals surface area contributed by atoms with Gasteiger partial charge in [0.2, 0.25) is 0 Å². The average molecular weight is 200 g/mol. The zero-order valence-corrected chi connectivity index (χ0v) is 9.07. The van der Waals surface area contributed by atoms with Crippen molar-refractivity contribution < 1.29 is 4.79 Å². The molecule has 0 radical (unpaired) electrons. The van der Waals surface area contributed by atoms with E-state index in [4.69, 9.17) is 0 Å². The molecule has 0 amide bonds. The lowest BCUT2D eigenvalue weighted by Crippen LogP contribution is -2.10. The second kappa shape index (κ2) is 4.43. The van der Waals surface area contributed by atoms with Crippen LogP contribution in [0.15, 0.2) is 42.0 Å². The van der Waals surface area contributed by atoms with Crippen molar-refractivity contribution in [3.8, 4) is 0 Å². The van der Waals surface area contributed by atoms with Crippen molar-refractivity contribution in [1.82, 2.24) is 0 Å². The summed E-state index contributed by atoms with van der Waals surface area (Å²) in [6.07, 6.45) is 5.28. The minimum Gasteiger partial charge on any atom is -0.294 e. The molecule has 15 heavy (non-hydrogen) atoms. The van der Waals surface area contributed by atoms with Gasteiger partial charge >= 0.3 is 0 Å². The molecule has 1 aromatic rings. The number of hydrogen-bond donors (Lipinski definition) is 0. The standard InChI is InChI=1S/C14H16O/c1-11(12-7-3-2-4-8-12)14(15)13-9-5-6-10-13/h2-4,7-9,11H,5-6,10H2,1H3. The van der Waals surface area contributed by atoms with Crippen LogP contribution in [-0.2, 0) is 4.79 Å². The molecule has 0 fully saturated rings. The highest BCUT2D eigenvalue weighted by Gasteiger charge is 2.20. The topological polar surface area (TPSA) is 17.1 Å². The maximum absolute atomic E-state index is 12.1. The number of rotatable bonds is 3. The first-order chi connectivity index (χ1) is 7.29. The van der Waals surface area contributed by atoms with Crippen molar-refractivity contribution in [2.24, 2.45) is 0 Å². The third kappa shape index (κ3) is 2.17. The number of Topliss-reactive ketones (excluding diaryl/α,β-unsaturated/α-hetero) is 1. The van der Waals surface area contributed by atoms with Gasteiger partial charge in [-0.1, -0.05) is 43.3 Å². The van der Waals surface area contributed by atoms with E-state index in [9.17, 15) is 4.79 Å². The van der Waals surface area contributed by atoms with Crippen molar-refractivity contribution in [1.29, 1.82) is 0 Å². The lowest BCUT2D eigenvalue weighted by atomic mass is 9.92. The van der Waals surface area contributed by atoms with Crippen LogP contribution in [0.4, 0.5) is 0 Å². The monoisotopic (exact) mass is 200 g/mol. The first-order valence-corrected chi connectivity index (χ1v) is 5.57. The molecule has 1 atom stereocenters. The highest BCUT2D eigenvalue weighted by Crippen LogP contribution is 2.26. The molecular weight excluding hydrogens is 184 g/mol. The molecule has 0 spiro atoms. The van der Waals surface area contributed by atoms with Crippen LogP contribution in [0.3, 0.4) is 0 Å². The number of hydrogen-bond acceptors (Lipinski definition) is 1. The highest BCUT2D eigenvalue weighted by atomic mass is 16.1. The highest BCUT2D eigenvalue weighted by molar-refractivity contribution is 6.00. The molecule has 0 N–H and O–H groups in total. The smallest absolute Gasteiger partial charge is 0.165 e. The van der Waals surface area contributed by atoms with Crippen LogP contribution in [0.1, 0.15) is 37.7 Å². The predicted molar refractivity (Wildman–Crippen MR) is 61.8 cm³/mol. The Bertz CT molecular complexity index is 376. The van der Waals surface area contributed by atoms with Gasteiger partial charge in [-0.15, -0.1) is 0 Å². The average Bonchev–Trinajstić information content (AvgIpc) is 2.82. The summed E-state index contributed by atoms with van der Waals surface area (Å²) < 4.78 is 0. The second-order valence-corrected chi connectivity index (χ2v) is 4.12. The van der Waals surface area contributed by atoms with E-state index in [2.05, 4.69) is 6.08 Å². The van der Waals surface area contributed by atoms with E-state index in [0.717, 1.165) is 30.4 Å². The zero-order valence-electron chi connectivity index (χ0n) is 9.07. The number of carbonyl (C=O) groups excluding carboxylic acids is 1. The van der Waals surface area contributed by atoms with Crippen molar-refractivity contribution in [2.45, 2.75) is 32.1 Å². The van der Waals surface area contributed by atoms with E-state index in [1.54, 1.807) is 0 Å². The Hall–Kier alpha value is -1.37. The number of allylic oxidation sites excluding steroid dienone is 2. The Morgan fingerprint density at radius 3 is 2.60 bits per heavy atom. The molecule has 1 aliphatic carbocycles. The maximum atomic E-state index is 12.1. The predicted octanol–water partition coefficient (Wildman–Crippen LogP) is 3.47. The van der Waals surface area contributed by atoms with Crippen molar-refractivity contribution >= 4 is 5.78 Å². The lowest BCUT2D eigenvalue weighted by molar-refractivity contribution is -0.116. The van der Waals surface area contributed by atoms with Gasteiger partial charge in [0.1, 0.15) is 0 Å². The molecule has 0 aliphatic heterocycles. The molecule has 0 aromatic heterocycles. The van der Waals surface area contributed by atoms with Crippen LogP contribution in [0, 0.1) is 0 Å². The first-order valence-electron chi connectivity index (χ1n) is 5.57. The normalized spacial score (nSPS) is 17.3. The molecule has 1 aliphatic rings. The minimum absolute atomic E-state index is 0.00977. The first kappa shape index (κ1) is 10.2. The number of benzene rings is 1. The van der Waals surface area contributed by atoms with Gasteiger partial charge in [0, 0.05) is 5.92 Å². The van der Waals surface area contributed by atoms with Crippen molar-refractivity contribution in [3.05, 3.63) is 47.5 Å². The van der Waals surface area contributed by atoms with E-state index in [1.165, 1.54) is 0 Å². The Morgan fingerprint density at radius 2 is 2.00 bits per heavy atom. The van der Waals surface area contributed by atoms with E-state index < -0.39 is 0 Å². The molecule has 0 saturated carbocycles. The van der Waals surface area contributed by atoms with Crippen LogP contribution >= 0.6 is 0 Å². The van der Waals surface area contributed by atoms with Gasteiger partial charge < -0.3 is 0 Å². The quantitative estimate of drug-likeness (QED) is 0.730. The van der Waals surface area contributed by atoms with Crippen LogP contribution in [0.25, 0.3) is 0 Å².